The van der Waals surface area contributed by atoms with Crippen molar-refractivity contribution in [3.05, 3.63) is 41.5 Å². The van der Waals surface area contributed by atoms with Crippen LogP contribution < -0.4 is 0 Å². The third kappa shape index (κ3) is 4.82. The monoisotopic (exact) mass is 350 g/mol. The molecule has 0 fully saturated rings. The van der Waals surface area contributed by atoms with E-state index >= 15 is 0 Å². The third-order valence-corrected chi connectivity index (χ3v) is 3.87. The molecule has 0 saturated heterocycles. The molecule has 0 spiro atoms. The topological polar surface area (TPSA) is 127 Å². The second kappa shape index (κ2) is 8.15. The van der Waals surface area contributed by atoms with Gasteiger partial charge in [-0.05, 0) is 25.0 Å². The number of aliphatic hydroxyl groups excluding tert-OH is 3. The second-order valence-electron chi connectivity index (χ2n) is 6.00. The Morgan fingerprint density at radius 3 is 2.52 bits per heavy atom. The highest BCUT2D eigenvalue weighted by Crippen LogP contribution is 2.29. The fraction of sp³-hybridized carbons (Fsp3) is 0.389. The van der Waals surface area contributed by atoms with E-state index in [4.69, 9.17) is 4.74 Å². The van der Waals surface area contributed by atoms with Crippen LogP contribution in [-0.2, 0) is 4.74 Å². The van der Waals surface area contributed by atoms with Crippen molar-refractivity contribution < 1.29 is 35.1 Å². The zero-order valence-electron chi connectivity index (χ0n) is 13.7. The zero-order chi connectivity index (χ0) is 18.6. The van der Waals surface area contributed by atoms with E-state index in [0.29, 0.717) is 0 Å². The fourth-order valence-corrected chi connectivity index (χ4v) is 2.50. The van der Waals surface area contributed by atoms with Crippen LogP contribution in [0.5, 0.6) is 11.5 Å². The van der Waals surface area contributed by atoms with Gasteiger partial charge in [0.15, 0.2) is 0 Å². The summed E-state index contributed by atoms with van der Waals surface area (Å²) in [6, 6.07) is 2.32. The number of phenolic OH excluding ortho intramolecular Hbond substituents is 2. The lowest BCUT2D eigenvalue weighted by Gasteiger charge is -2.20. The second-order valence-corrected chi connectivity index (χ2v) is 6.00. The molecule has 0 unspecified atom stereocenters. The Bertz CT molecular complexity index is 680. The van der Waals surface area contributed by atoms with Gasteiger partial charge in [-0.2, -0.15) is 0 Å². The largest absolute Gasteiger partial charge is 0.508 e. The highest BCUT2D eigenvalue weighted by Gasteiger charge is 2.23. The van der Waals surface area contributed by atoms with Gasteiger partial charge in [-0.1, -0.05) is 24.3 Å². The van der Waals surface area contributed by atoms with Crippen molar-refractivity contribution in [2.45, 2.75) is 44.2 Å². The van der Waals surface area contributed by atoms with Crippen LogP contribution in [0.3, 0.4) is 0 Å². The molecule has 1 aliphatic heterocycles. The molecule has 4 atom stereocenters. The molecule has 0 amide bonds. The van der Waals surface area contributed by atoms with E-state index in [-0.39, 0.29) is 29.7 Å². The summed E-state index contributed by atoms with van der Waals surface area (Å²) in [5.74, 6) is -1.41. The van der Waals surface area contributed by atoms with Crippen molar-refractivity contribution >= 4 is 12.0 Å². The first kappa shape index (κ1) is 19.0. The average Bonchev–Trinajstić information content (AvgIpc) is 2.52. The van der Waals surface area contributed by atoms with Gasteiger partial charge in [0.1, 0.15) is 35.4 Å². The molecule has 0 radical (unpaired) electrons. The number of aliphatic hydroxyl groups is 3. The van der Waals surface area contributed by atoms with Crippen LogP contribution in [0.15, 0.2) is 30.4 Å². The predicted molar refractivity (Wildman–Crippen MR) is 90.1 cm³/mol. The van der Waals surface area contributed by atoms with Crippen molar-refractivity contribution in [3.63, 3.8) is 0 Å². The molecule has 0 aliphatic carbocycles. The number of carbonyl (C=O) groups is 1. The number of ether oxygens (including phenoxy) is 1. The Kier molecular flexibility index (Phi) is 6.19. The normalized spacial score (nSPS) is 28.1. The molecule has 5 N–H and O–H groups in total. The molecular formula is C18H22O7. The minimum atomic E-state index is -1.38. The van der Waals surface area contributed by atoms with E-state index in [2.05, 4.69) is 0 Å². The number of fused-ring (bicyclic) bond motifs is 1. The Balaban J connectivity index is 2.41. The van der Waals surface area contributed by atoms with Gasteiger partial charge in [0.2, 0.25) is 0 Å². The van der Waals surface area contributed by atoms with Gasteiger partial charge in [0.25, 0.3) is 0 Å². The summed E-state index contributed by atoms with van der Waals surface area (Å²) in [5, 5.41) is 49.3. The van der Waals surface area contributed by atoms with Crippen molar-refractivity contribution in [1.82, 2.24) is 0 Å². The highest BCUT2D eigenvalue weighted by atomic mass is 16.5. The van der Waals surface area contributed by atoms with Crippen LogP contribution in [0.1, 0.15) is 35.7 Å². The molecular weight excluding hydrogens is 328 g/mol. The maximum Gasteiger partial charge on any atom is 0.342 e. The van der Waals surface area contributed by atoms with Crippen molar-refractivity contribution in [2.24, 2.45) is 0 Å². The summed E-state index contributed by atoms with van der Waals surface area (Å²) < 4.78 is 5.27. The van der Waals surface area contributed by atoms with E-state index < -0.39 is 36.1 Å². The van der Waals surface area contributed by atoms with Crippen LogP contribution in [0.2, 0.25) is 0 Å². The lowest BCUT2D eigenvalue weighted by Crippen LogP contribution is -2.35. The summed E-state index contributed by atoms with van der Waals surface area (Å²) in [7, 11) is 0. The average molecular weight is 350 g/mol. The van der Waals surface area contributed by atoms with E-state index in [9.17, 15) is 30.3 Å². The molecule has 0 aromatic heterocycles. The number of aromatic hydroxyl groups is 2. The highest BCUT2D eigenvalue weighted by molar-refractivity contribution is 5.97. The summed E-state index contributed by atoms with van der Waals surface area (Å²) >= 11 is 0. The number of carbonyl (C=O) groups excluding carboxylic acids is 1. The minimum absolute atomic E-state index is 0.00657. The summed E-state index contributed by atoms with van der Waals surface area (Å²) in [6.07, 6.45) is 1.62. The standard InChI is InChI=1S/C18H22O7/c1-10-4-2-6-13(20)17(23)14(21)7-3-5-11-8-12(19)9-15(22)16(11)18(24)25-10/h2-3,5-6,8-10,13-14,17,19-23H,4,7H2,1H3/t10-,13-,14-,17+/m0/s1. The smallest absolute Gasteiger partial charge is 0.342 e. The number of esters is 1. The maximum absolute atomic E-state index is 12.3. The summed E-state index contributed by atoms with van der Waals surface area (Å²) in [4.78, 5) is 12.3. The Hall–Kier alpha value is -2.35. The van der Waals surface area contributed by atoms with Gasteiger partial charge >= 0.3 is 5.97 Å². The van der Waals surface area contributed by atoms with Gasteiger partial charge in [-0.15, -0.1) is 0 Å². The molecule has 1 aliphatic rings. The van der Waals surface area contributed by atoms with Crippen LogP contribution in [0.4, 0.5) is 0 Å². The first-order valence-electron chi connectivity index (χ1n) is 7.94. The number of rotatable bonds is 0. The lowest BCUT2D eigenvalue weighted by atomic mass is 10.0. The predicted octanol–water partition coefficient (Wildman–Crippen LogP) is 1.09. The van der Waals surface area contributed by atoms with E-state index in [1.165, 1.54) is 30.4 Å². The van der Waals surface area contributed by atoms with E-state index in [1.807, 2.05) is 0 Å². The first-order chi connectivity index (χ1) is 11.8. The zero-order valence-corrected chi connectivity index (χ0v) is 13.7. The number of phenols is 2. The lowest BCUT2D eigenvalue weighted by molar-refractivity contribution is -0.0394. The number of hydrogen-bond donors (Lipinski definition) is 5. The summed E-state index contributed by atoms with van der Waals surface area (Å²) in [6.45, 7) is 1.64. The molecule has 1 aromatic rings. The van der Waals surface area contributed by atoms with Crippen LogP contribution in [0, 0.1) is 0 Å². The van der Waals surface area contributed by atoms with Gasteiger partial charge in [0, 0.05) is 12.5 Å². The van der Waals surface area contributed by atoms with Crippen molar-refractivity contribution in [1.29, 1.82) is 0 Å². The molecule has 25 heavy (non-hydrogen) atoms. The van der Waals surface area contributed by atoms with Crippen LogP contribution in [0.25, 0.3) is 6.08 Å². The molecule has 1 heterocycles. The van der Waals surface area contributed by atoms with Crippen molar-refractivity contribution in [3.8, 4) is 11.5 Å². The molecule has 1 aromatic carbocycles. The van der Waals surface area contributed by atoms with Crippen LogP contribution in [-0.4, -0.2) is 55.9 Å². The number of benzene rings is 1. The van der Waals surface area contributed by atoms with Crippen molar-refractivity contribution in [2.75, 3.05) is 0 Å². The quantitative estimate of drug-likeness (QED) is 0.350. The molecule has 7 nitrogen and oxygen atoms in total. The molecule has 136 valence electrons. The SMILES string of the molecule is C[C@H]1CC=C[C@H](O)[C@@H](O)[C@@H](O)CC=Cc2cc(O)cc(O)c2C(=O)O1. The molecule has 7 heteroatoms. The number of cyclic esters (lactones) is 1. The van der Waals surface area contributed by atoms with Gasteiger partial charge in [-0.25, -0.2) is 4.79 Å². The van der Waals surface area contributed by atoms with Gasteiger partial charge < -0.3 is 30.3 Å². The number of hydrogen-bond acceptors (Lipinski definition) is 7. The maximum atomic E-state index is 12.3. The van der Waals surface area contributed by atoms with E-state index in [1.54, 1.807) is 6.92 Å². The minimum Gasteiger partial charge on any atom is -0.508 e. The Morgan fingerprint density at radius 2 is 1.80 bits per heavy atom. The third-order valence-electron chi connectivity index (χ3n) is 3.87. The van der Waals surface area contributed by atoms with Gasteiger partial charge in [0.05, 0.1) is 6.10 Å². The molecule has 2 rings (SSSR count). The van der Waals surface area contributed by atoms with Gasteiger partial charge in [-0.3, -0.25) is 0 Å². The molecule has 0 saturated carbocycles. The fourth-order valence-electron chi connectivity index (χ4n) is 2.50. The Morgan fingerprint density at radius 1 is 1.08 bits per heavy atom. The van der Waals surface area contributed by atoms with E-state index in [0.717, 1.165) is 6.07 Å². The molecule has 0 bridgehead atoms. The summed E-state index contributed by atoms with van der Waals surface area (Å²) in [5.41, 5.74) is 0.113. The Labute approximate surface area is 145 Å². The first-order valence-corrected chi connectivity index (χ1v) is 7.94. The van der Waals surface area contributed by atoms with Crippen LogP contribution >= 0.6 is 0 Å².